The van der Waals surface area contributed by atoms with E-state index in [1.807, 2.05) is 25.1 Å². The Bertz CT molecular complexity index is 1220. The summed E-state index contributed by atoms with van der Waals surface area (Å²) in [6.45, 7) is 2.04. The summed E-state index contributed by atoms with van der Waals surface area (Å²) in [7, 11) is 3.26. The van der Waals surface area contributed by atoms with Crippen LogP contribution in [0.3, 0.4) is 0 Å². The van der Waals surface area contributed by atoms with Crippen LogP contribution < -0.4 is 15.6 Å². The molecule has 8 heteroatoms. The standard InChI is InChI=1S/C23H23N3O4S/c1-13-5-4-6-14(9-13)12-31-23-25-22(29)20-16(11-19(28)24-21(20)26(23)2)15-7-8-18(30-3)17(27)10-15/h4-10,16,27H,11-12H2,1-3H3,(H,24,28)/t16-/m1/s1. The van der Waals surface area contributed by atoms with E-state index in [0.29, 0.717) is 33.6 Å². The maximum Gasteiger partial charge on any atom is 0.279 e. The normalized spacial score (nSPS) is 15.3. The number of hydrogen-bond acceptors (Lipinski definition) is 6. The van der Waals surface area contributed by atoms with Gasteiger partial charge in [-0.25, -0.2) is 0 Å². The Balaban J connectivity index is 1.71. The van der Waals surface area contributed by atoms with Crippen molar-refractivity contribution >= 4 is 23.5 Å². The number of rotatable bonds is 5. The van der Waals surface area contributed by atoms with E-state index in [1.165, 1.54) is 30.5 Å². The van der Waals surface area contributed by atoms with Crippen LogP contribution in [0, 0.1) is 6.92 Å². The second-order valence-electron chi connectivity index (χ2n) is 7.53. The molecule has 1 aliphatic heterocycles. The summed E-state index contributed by atoms with van der Waals surface area (Å²) >= 11 is 1.45. The number of aryl methyl sites for hydroxylation is 1. The topological polar surface area (TPSA) is 93.5 Å². The van der Waals surface area contributed by atoms with Crippen molar-refractivity contribution in [1.82, 2.24) is 9.55 Å². The molecule has 0 saturated heterocycles. The van der Waals surface area contributed by atoms with Crippen molar-refractivity contribution in [2.24, 2.45) is 7.05 Å². The van der Waals surface area contributed by atoms with Gasteiger partial charge in [0.2, 0.25) is 5.91 Å². The van der Waals surface area contributed by atoms with Gasteiger partial charge in [-0.3, -0.25) is 9.59 Å². The molecule has 1 aliphatic rings. The summed E-state index contributed by atoms with van der Waals surface area (Å²) < 4.78 is 6.85. The number of aromatic hydroxyl groups is 1. The number of nitrogens with zero attached hydrogens (tertiary/aromatic N) is 2. The lowest BCUT2D eigenvalue weighted by molar-refractivity contribution is -0.116. The van der Waals surface area contributed by atoms with Crippen molar-refractivity contribution < 1.29 is 14.6 Å². The number of hydrogen-bond donors (Lipinski definition) is 2. The van der Waals surface area contributed by atoms with E-state index in [9.17, 15) is 14.7 Å². The molecule has 31 heavy (non-hydrogen) atoms. The fraction of sp³-hybridized carbons (Fsp3) is 0.261. The molecule has 2 aromatic carbocycles. The van der Waals surface area contributed by atoms with Gasteiger partial charge in [0.25, 0.3) is 5.56 Å². The zero-order chi connectivity index (χ0) is 22.1. The van der Waals surface area contributed by atoms with Crippen LogP contribution in [0.5, 0.6) is 11.5 Å². The molecule has 7 nitrogen and oxygen atoms in total. The average Bonchev–Trinajstić information content (AvgIpc) is 2.74. The number of benzene rings is 2. The van der Waals surface area contributed by atoms with Gasteiger partial charge in [-0.15, -0.1) is 0 Å². The van der Waals surface area contributed by atoms with Gasteiger partial charge in [0.15, 0.2) is 16.7 Å². The first-order valence-corrected chi connectivity index (χ1v) is 10.8. The number of phenols is 1. The van der Waals surface area contributed by atoms with Crippen molar-refractivity contribution in [1.29, 1.82) is 0 Å². The van der Waals surface area contributed by atoms with Gasteiger partial charge in [0.1, 0.15) is 5.82 Å². The van der Waals surface area contributed by atoms with Gasteiger partial charge in [0, 0.05) is 25.1 Å². The van der Waals surface area contributed by atoms with Crippen LogP contribution in [-0.2, 0) is 17.6 Å². The molecule has 1 aromatic heterocycles. The van der Waals surface area contributed by atoms with Crippen LogP contribution in [0.15, 0.2) is 52.4 Å². The van der Waals surface area contributed by atoms with Crippen LogP contribution in [0.25, 0.3) is 0 Å². The monoisotopic (exact) mass is 437 g/mol. The molecular weight excluding hydrogens is 414 g/mol. The molecule has 2 heterocycles. The number of amides is 1. The second kappa shape index (κ2) is 8.47. The van der Waals surface area contributed by atoms with Gasteiger partial charge in [-0.2, -0.15) is 4.98 Å². The van der Waals surface area contributed by atoms with Crippen molar-refractivity contribution in [3.63, 3.8) is 0 Å². The predicted molar refractivity (Wildman–Crippen MR) is 120 cm³/mol. The lowest BCUT2D eigenvalue weighted by Gasteiger charge is -2.27. The number of carbonyl (C=O) groups excluding carboxylic acids is 1. The molecule has 1 atom stereocenters. The molecule has 0 unspecified atom stereocenters. The lowest BCUT2D eigenvalue weighted by Crippen LogP contribution is -2.33. The molecule has 0 aliphatic carbocycles. The lowest BCUT2D eigenvalue weighted by atomic mass is 9.86. The number of ether oxygens (including phenoxy) is 1. The Kier molecular flexibility index (Phi) is 5.73. The third-order valence-electron chi connectivity index (χ3n) is 5.36. The van der Waals surface area contributed by atoms with E-state index >= 15 is 0 Å². The van der Waals surface area contributed by atoms with Gasteiger partial charge in [-0.05, 0) is 30.2 Å². The molecule has 0 saturated carbocycles. The van der Waals surface area contributed by atoms with Crippen LogP contribution in [-0.4, -0.2) is 27.7 Å². The van der Waals surface area contributed by atoms with Crippen molar-refractivity contribution in [3.05, 3.63) is 75.1 Å². The third kappa shape index (κ3) is 4.16. The fourth-order valence-electron chi connectivity index (χ4n) is 3.82. The quantitative estimate of drug-likeness (QED) is 0.468. The van der Waals surface area contributed by atoms with Crippen molar-refractivity contribution in [2.45, 2.75) is 30.2 Å². The Labute approximate surface area is 184 Å². The first kappa shape index (κ1) is 21.0. The number of aromatic nitrogens is 2. The highest BCUT2D eigenvalue weighted by Crippen LogP contribution is 2.38. The van der Waals surface area contributed by atoms with Gasteiger partial charge >= 0.3 is 0 Å². The number of nitrogens with one attached hydrogen (secondary N) is 1. The molecule has 0 bridgehead atoms. The molecule has 1 amide bonds. The Morgan fingerprint density at radius 3 is 2.77 bits per heavy atom. The van der Waals surface area contributed by atoms with Gasteiger partial charge in [0.05, 0.1) is 12.7 Å². The number of methoxy groups -OCH3 is 1. The number of fused-ring (bicyclic) bond motifs is 1. The molecule has 0 fully saturated rings. The summed E-state index contributed by atoms with van der Waals surface area (Å²) in [5, 5.41) is 13.5. The maximum absolute atomic E-state index is 13.0. The number of thioether (sulfide) groups is 1. The summed E-state index contributed by atoms with van der Waals surface area (Å²) in [6.07, 6.45) is 0.103. The average molecular weight is 438 g/mol. The minimum absolute atomic E-state index is 0.0392. The molecule has 0 spiro atoms. The fourth-order valence-corrected chi connectivity index (χ4v) is 4.73. The Hall–Kier alpha value is -3.26. The summed E-state index contributed by atoms with van der Waals surface area (Å²) in [5.74, 6) is 0.708. The predicted octanol–water partition coefficient (Wildman–Crippen LogP) is 3.57. The van der Waals surface area contributed by atoms with E-state index in [2.05, 4.69) is 16.4 Å². The van der Waals surface area contributed by atoms with E-state index in [1.54, 1.807) is 23.7 Å². The molecule has 2 N–H and O–H groups in total. The molecule has 0 radical (unpaired) electrons. The number of phenolic OH excluding ortho intramolecular Hbond substituents is 1. The zero-order valence-electron chi connectivity index (χ0n) is 17.5. The molecular formula is C23H23N3O4S. The second-order valence-corrected chi connectivity index (χ2v) is 8.48. The van der Waals surface area contributed by atoms with Crippen molar-refractivity contribution in [3.8, 4) is 11.5 Å². The molecule has 3 aromatic rings. The van der Waals surface area contributed by atoms with Gasteiger partial charge < -0.3 is 19.7 Å². The zero-order valence-corrected chi connectivity index (χ0v) is 18.3. The minimum Gasteiger partial charge on any atom is -0.504 e. The van der Waals surface area contributed by atoms with Crippen LogP contribution in [0.2, 0.25) is 0 Å². The first-order chi connectivity index (χ1) is 14.9. The van der Waals surface area contributed by atoms with E-state index in [4.69, 9.17) is 4.74 Å². The van der Waals surface area contributed by atoms with Crippen LogP contribution >= 0.6 is 11.8 Å². The molecule has 4 rings (SSSR count). The maximum atomic E-state index is 13.0. The highest BCUT2D eigenvalue weighted by molar-refractivity contribution is 7.98. The third-order valence-corrected chi connectivity index (χ3v) is 6.46. The Morgan fingerprint density at radius 2 is 2.06 bits per heavy atom. The SMILES string of the molecule is COc1ccc([C@H]2CC(=O)Nc3c2c(=O)nc(SCc2cccc(C)c2)n3C)cc1O. The Morgan fingerprint density at radius 1 is 1.26 bits per heavy atom. The highest BCUT2D eigenvalue weighted by atomic mass is 32.2. The minimum atomic E-state index is -0.498. The van der Waals surface area contributed by atoms with Gasteiger partial charge in [-0.1, -0.05) is 47.7 Å². The largest absolute Gasteiger partial charge is 0.504 e. The van der Waals surface area contributed by atoms with E-state index < -0.39 is 5.92 Å². The summed E-state index contributed by atoms with van der Waals surface area (Å²) in [4.78, 5) is 29.8. The number of anilines is 1. The first-order valence-electron chi connectivity index (χ1n) is 9.83. The molecule has 160 valence electrons. The van der Waals surface area contributed by atoms with Crippen LogP contribution in [0.4, 0.5) is 5.82 Å². The highest BCUT2D eigenvalue weighted by Gasteiger charge is 2.32. The van der Waals surface area contributed by atoms with Crippen molar-refractivity contribution in [2.75, 3.05) is 12.4 Å². The smallest absolute Gasteiger partial charge is 0.279 e. The number of carbonyl (C=O) groups is 1. The van der Waals surface area contributed by atoms with Crippen LogP contribution in [0.1, 0.15) is 34.6 Å². The van der Waals surface area contributed by atoms with E-state index in [-0.39, 0.29) is 23.6 Å². The van der Waals surface area contributed by atoms with E-state index in [0.717, 1.165) is 5.56 Å². The summed E-state index contributed by atoms with van der Waals surface area (Å²) in [6, 6.07) is 13.1. The summed E-state index contributed by atoms with van der Waals surface area (Å²) in [5.41, 5.74) is 3.01.